The molecule has 1 heterocycles. The van der Waals surface area contributed by atoms with Gasteiger partial charge in [-0.3, -0.25) is 9.59 Å². The van der Waals surface area contributed by atoms with Crippen molar-refractivity contribution in [2.24, 2.45) is 5.10 Å². The summed E-state index contributed by atoms with van der Waals surface area (Å²) in [6.07, 6.45) is -0.650. The van der Waals surface area contributed by atoms with Crippen LogP contribution in [0, 0.1) is 6.92 Å². The summed E-state index contributed by atoms with van der Waals surface area (Å²) in [5, 5.41) is 8.16. The highest BCUT2D eigenvalue weighted by Crippen LogP contribution is 2.19. The molecule has 0 radical (unpaired) electrons. The van der Waals surface area contributed by atoms with Crippen LogP contribution in [0.5, 0.6) is 5.75 Å². The zero-order chi connectivity index (χ0) is 17.8. The topological polar surface area (TPSA) is 71.0 Å². The lowest BCUT2D eigenvalue weighted by atomic mass is 10.2. The van der Waals surface area contributed by atoms with Crippen molar-refractivity contribution < 1.29 is 14.3 Å². The van der Waals surface area contributed by atoms with Gasteiger partial charge in [-0.15, -0.1) is 0 Å². The Kier molecular flexibility index (Phi) is 4.79. The van der Waals surface area contributed by atoms with Crippen LogP contribution < -0.4 is 15.1 Å². The first-order chi connectivity index (χ1) is 12.0. The molecule has 3 rings (SSSR count). The summed E-state index contributed by atoms with van der Waals surface area (Å²) in [5.74, 6) is 0.410. The molecular formula is C19H19N3O3. The molecule has 1 aliphatic rings. The third-order valence-electron chi connectivity index (χ3n) is 3.72. The lowest BCUT2D eigenvalue weighted by molar-refractivity contribution is -0.125. The fourth-order valence-electron chi connectivity index (χ4n) is 2.46. The van der Waals surface area contributed by atoms with Gasteiger partial charge in [-0.2, -0.15) is 10.1 Å². The second-order valence-electron chi connectivity index (χ2n) is 5.83. The van der Waals surface area contributed by atoms with Crippen LogP contribution >= 0.6 is 0 Å². The molecule has 25 heavy (non-hydrogen) atoms. The maximum absolute atomic E-state index is 12.3. The Morgan fingerprint density at radius 1 is 1.20 bits per heavy atom. The van der Waals surface area contributed by atoms with Crippen molar-refractivity contribution in [3.63, 3.8) is 0 Å². The number of carbonyl (C=O) groups excluding carboxylic acids is 2. The third-order valence-corrected chi connectivity index (χ3v) is 3.72. The lowest BCUT2D eigenvalue weighted by Crippen LogP contribution is -2.39. The van der Waals surface area contributed by atoms with Gasteiger partial charge >= 0.3 is 0 Å². The number of amides is 2. The monoisotopic (exact) mass is 337 g/mol. The molecule has 2 aromatic rings. The SMILES string of the molecule is Cc1cccc(OC(C)C(=O)NC2=NN(c3ccccc3)C(=O)C2)c1. The second-order valence-corrected chi connectivity index (χ2v) is 5.83. The van der Waals surface area contributed by atoms with Crippen LogP contribution in [-0.2, 0) is 9.59 Å². The first-order valence-corrected chi connectivity index (χ1v) is 8.02. The Morgan fingerprint density at radius 2 is 1.96 bits per heavy atom. The smallest absolute Gasteiger partial charge is 0.266 e. The van der Waals surface area contributed by atoms with Gasteiger partial charge in [0.15, 0.2) is 6.10 Å². The fourth-order valence-corrected chi connectivity index (χ4v) is 2.46. The van der Waals surface area contributed by atoms with E-state index in [4.69, 9.17) is 4.74 Å². The molecule has 1 unspecified atom stereocenters. The van der Waals surface area contributed by atoms with Gasteiger partial charge in [0.1, 0.15) is 11.6 Å². The Bertz CT molecular complexity index is 818. The van der Waals surface area contributed by atoms with Crippen LogP contribution in [-0.4, -0.2) is 23.8 Å². The van der Waals surface area contributed by atoms with E-state index < -0.39 is 6.10 Å². The summed E-state index contributed by atoms with van der Waals surface area (Å²) in [6.45, 7) is 3.61. The van der Waals surface area contributed by atoms with Crippen molar-refractivity contribution in [1.29, 1.82) is 0 Å². The normalized spacial score (nSPS) is 14.9. The van der Waals surface area contributed by atoms with E-state index in [1.807, 2.05) is 43.3 Å². The molecule has 6 heteroatoms. The van der Waals surface area contributed by atoms with Crippen LogP contribution in [0.4, 0.5) is 5.69 Å². The molecule has 2 amide bonds. The van der Waals surface area contributed by atoms with Gasteiger partial charge in [0, 0.05) is 0 Å². The predicted octanol–water partition coefficient (Wildman–Crippen LogP) is 2.63. The number of hydrogen-bond acceptors (Lipinski definition) is 4. The summed E-state index contributed by atoms with van der Waals surface area (Å²) >= 11 is 0. The summed E-state index contributed by atoms with van der Waals surface area (Å²) in [5.41, 5.74) is 1.72. The second kappa shape index (κ2) is 7.17. The average Bonchev–Trinajstić information content (AvgIpc) is 2.96. The number of ether oxygens (including phenoxy) is 1. The molecular weight excluding hydrogens is 318 g/mol. The zero-order valence-corrected chi connectivity index (χ0v) is 14.1. The third kappa shape index (κ3) is 4.03. The number of rotatable bonds is 4. The first kappa shape index (κ1) is 16.7. The molecule has 1 N–H and O–H groups in total. The maximum Gasteiger partial charge on any atom is 0.266 e. The number of benzene rings is 2. The Balaban J connectivity index is 1.63. The molecule has 1 aliphatic heterocycles. The highest BCUT2D eigenvalue weighted by atomic mass is 16.5. The number of hydrazone groups is 1. The molecule has 0 aromatic heterocycles. The van der Waals surface area contributed by atoms with E-state index in [9.17, 15) is 9.59 Å². The average molecular weight is 337 g/mol. The molecule has 6 nitrogen and oxygen atoms in total. The van der Waals surface area contributed by atoms with Crippen molar-refractivity contribution in [3.05, 3.63) is 60.2 Å². The number of para-hydroxylation sites is 1. The van der Waals surface area contributed by atoms with E-state index in [0.29, 0.717) is 17.3 Å². The van der Waals surface area contributed by atoms with Crippen LogP contribution in [0.2, 0.25) is 0 Å². The van der Waals surface area contributed by atoms with E-state index >= 15 is 0 Å². The summed E-state index contributed by atoms with van der Waals surface area (Å²) in [7, 11) is 0. The minimum Gasteiger partial charge on any atom is -0.481 e. The van der Waals surface area contributed by atoms with Gasteiger partial charge in [-0.05, 0) is 43.7 Å². The van der Waals surface area contributed by atoms with Gasteiger partial charge in [0.05, 0.1) is 12.1 Å². The van der Waals surface area contributed by atoms with Gasteiger partial charge in [0.2, 0.25) is 0 Å². The van der Waals surface area contributed by atoms with Crippen molar-refractivity contribution in [2.45, 2.75) is 26.4 Å². The molecule has 2 aromatic carbocycles. The molecule has 128 valence electrons. The van der Waals surface area contributed by atoms with E-state index in [0.717, 1.165) is 5.56 Å². The molecule has 0 saturated carbocycles. The summed E-state index contributed by atoms with van der Waals surface area (Å²) in [6, 6.07) is 16.6. The minimum absolute atomic E-state index is 0.0534. The van der Waals surface area contributed by atoms with Crippen LogP contribution in [0.25, 0.3) is 0 Å². The van der Waals surface area contributed by atoms with Crippen LogP contribution in [0.1, 0.15) is 18.9 Å². The van der Waals surface area contributed by atoms with Crippen molar-refractivity contribution in [1.82, 2.24) is 5.32 Å². The molecule has 0 aliphatic carbocycles. The largest absolute Gasteiger partial charge is 0.481 e. The van der Waals surface area contributed by atoms with E-state index in [1.165, 1.54) is 5.01 Å². The molecule has 0 saturated heterocycles. The maximum atomic E-state index is 12.3. The summed E-state index contributed by atoms with van der Waals surface area (Å²) < 4.78 is 5.64. The number of carbonyl (C=O) groups is 2. The Hall–Kier alpha value is -3.15. The molecule has 0 fully saturated rings. The van der Waals surface area contributed by atoms with Crippen molar-refractivity contribution in [3.8, 4) is 5.75 Å². The van der Waals surface area contributed by atoms with E-state index in [1.54, 1.807) is 25.1 Å². The van der Waals surface area contributed by atoms with Crippen LogP contribution in [0.15, 0.2) is 59.7 Å². The van der Waals surface area contributed by atoms with Gasteiger partial charge in [-0.25, -0.2) is 0 Å². The molecule has 0 spiro atoms. The first-order valence-electron chi connectivity index (χ1n) is 8.02. The van der Waals surface area contributed by atoms with Gasteiger partial charge in [-0.1, -0.05) is 30.3 Å². The highest BCUT2D eigenvalue weighted by molar-refractivity contribution is 6.16. The lowest BCUT2D eigenvalue weighted by Gasteiger charge is -2.14. The molecule has 0 bridgehead atoms. The van der Waals surface area contributed by atoms with Crippen LogP contribution in [0.3, 0.4) is 0 Å². The number of nitrogens with one attached hydrogen (secondary N) is 1. The number of amidine groups is 1. The van der Waals surface area contributed by atoms with Gasteiger partial charge in [0.25, 0.3) is 11.8 Å². The molecule has 1 atom stereocenters. The fraction of sp³-hybridized carbons (Fsp3) is 0.211. The van der Waals surface area contributed by atoms with Crippen molar-refractivity contribution in [2.75, 3.05) is 5.01 Å². The Labute approximate surface area is 146 Å². The predicted molar refractivity (Wildman–Crippen MR) is 95.4 cm³/mol. The van der Waals surface area contributed by atoms with E-state index in [2.05, 4.69) is 10.4 Å². The minimum atomic E-state index is -0.703. The number of nitrogens with zero attached hydrogens (tertiary/aromatic N) is 2. The highest BCUT2D eigenvalue weighted by Gasteiger charge is 2.27. The van der Waals surface area contributed by atoms with Gasteiger partial charge < -0.3 is 10.1 Å². The number of hydrogen-bond donors (Lipinski definition) is 1. The zero-order valence-electron chi connectivity index (χ0n) is 14.1. The quantitative estimate of drug-likeness (QED) is 0.932. The standard InChI is InChI=1S/C19H19N3O3/c1-13-7-6-10-16(11-13)25-14(2)19(24)20-17-12-18(23)22(21-17)15-8-4-3-5-9-15/h3-11,14H,12H2,1-2H3,(H,20,21,24). The Morgan fingerprint density at radius 3 is 2.68 bits per heavy atom. The van der Waals surface area contributed by atoms with E-state index in [-0.39, 0.29) is 18.2 Å². The number of anilines is 1. The number of aryl methyl sites for hydroxylation is 1. The summed E-state index contributed by atoms with van der Waals surface area (Å²) in [4.78, 5) is 24.4. The van der Waals surface area contributed by atoms with Crippen molar-refractivity contribution >= 4 is 23.3 Å².